The Morgan fingerprint density at radius 3 is 2.67 bits per heavy atom. The summed E-state index contributed by atoms with van der Waals surface area (Å²) >= 11 is 1.94. The molecule has 2 N–H and O–H groups in total. The lowest BCUT2D eigenvalue weighted by Gasteiger charge is -2.33. The van der Waals surface area contributed by atoms with Gasteiger partial charge in [-0.3, -0.25) is 0 Å². The van der Waals surface area contributed by atoms with Crippen LogP contribution in [0.4, 0.5) is 0 Å². The van der Waals surface area contributed by atoms with Crippen molar-refractivity contribution in [3.63, 3.8) is 0 Å². The first kappa shape index (κ1) is 13.3. The fourth-order valence-corrected chi connectivity index (χ4v) is 3.04. The fraction of sp³-hybridized carbons (Fsp3) is 1.00. The van der Waals surface area contributed by atoms with Gasteiger partial charge in [0.25, 0.3) is 0 Å². The summed E-state index contributed by atoms with van der Waals surface area (Å²) < 4.78 is 5.12. The first-order valence-electron chi connectivity index (χ1n) is 5.72. The van der Waals surface area contributed by atoms with Gasteiger partial charge in [-0.1, -0.05) is 6.92 Å². The second kappa shape index (κ2) is 6.74. The summed E-state index contributed by atoms with van der Waals surface area (Å²) in [5.41, 5.74) is -0.480. The molecule has 0 bridgehead atoms. The van der Waals surface area contributed by atoms with Crippen LogP contribution in [0.3, 0.4) is 0 Å². The van der Waals surface area contributed by atoms with E-state index in [1.807, 2.05) is 11.8 Å². The number of aliphatic hydroxyl groups is 1. The van der Waals surface area contributed by atoms with Gasteiger partial charge in [-0.25, -0.2) is 0 Å². The molecule has 1 rings (SSSR count). The zero-order valence-electron chi connectivity index (χ0n) is 9.79. The number of rotatable bonds is 6. The molecule has 0 spiro atoms. The van der Waals surface area contributed by atoms with Gasteiger partial charge >= 0.3 is 0 Å². The van der Waals surface area contributed by atoms with E-state index >= 15 is 0 Å². The number of methoxy groups -OCH3 is 1. The van der Waals surface area contributed by atoms with E-state index in [1.54, 1.807) is 7.11 Å². The summed E-state index contributed by atoms with van der Waals surface area (Å²) in [7, 11) is 1.72. The maximum absolute atomic E-state index is 10.3. The summed E-state index contributed by atoms with van der Waals surface area (Å²) in [5, 5.41) is 13.7. The molecule has 1 heterocycles. The van der Waals surface area contributed by atoms with Crippen LogP contribution in [0.1, 0.15) is 26.2 Å². The van der Waals surface area contributed by atoms with E-state index < -0.39 is 5.60 Å². The Morgan fingerprint density at radius 1 is 1.47 bits per heavy atom. The van der Waals surface area contributed by atoms with Crippen LogP contribution in [-0.2, 0) is 4.74 Å². The highest BCUT2D eigenvalue weighted by Gasteiger charge is 2.29. The molecule has 0 aromatic carbocycles. The monoisotopic (exact) mass is 233 g/mol. The van der Waals surface area contributed by atoms with E-state index in [0.29, 0.717) is 12.6 Å². The second-order valence-electron chi connectivity index (χ2n) is 4.28. The molecule has 0 aromatic heterocycles. The van der Waals surface area contributed by atoms with Gasteiger partial charge in [-0.15, -0.1) is 0 Å². The minimum Gasteiger partial charge on any atom is -0.389 e. The predicted molar refractivity (Wildman–Crippen MR) is 65.5 cm³/mol. The van der Waals surface area contributed by atoms with E-state index in [9.17, 15) is 5.11 Å². The van der Waals surface area contributed by atoms with Crippen LogP contribution in [0.25, 0.3) is 0 Å². The highest BCUT2D eigenvalue weighted by molar-refractivity contribution is 7.99. The number of hydrogen-bond donors (Lipinski definition) is 2. The third-order valence-electron chi connectivity index (χ3n) is 3.00. The van der Waals surface area contributed by atoms with Crippen molar-refractivity contribution in [2.24, 2.45) is 0 Å². The lowest BCUT2D eigenvalue weighted by molar-refractivity contribution is 0.0259. The minimum atomic E-state index is -0.480. The molecule has 0 saturated carbocycles. The Hall–Kier alpha value is 0.230. The van der Waals surface area contributed by atoms with Crippen LogP contribution in [0.15, 0.2) is 0 Å². The lowest BCUT2D eigenvalue weighted by atomic mass is 9.96. The van der Waals surface area contributed by atoms with Crippen molar-refractivity contribution in [1.82, 2.24) is 5.32 Å². The second-order valence-corrected chi connectivity index (χ2v) is 5.50. The van der Waals surface area contributed by atoms with Gasteiger partial charge in [0.05, 0.1) is 12.2 Å². The van der Waals surface area contributed by atoms with Gasteiger partial charge in [-0.2, -0.15) is 11.8 Å². The molecule has 15 heavy (non-hydrogen) atoms. The summed E-state index contributed by atoms with van der Waals surface area (Å²) in [5.74, 6) is 2.17. The number of hydrogen-bond acceptors (Lipinski definition) is 4. The van der Waals surface area contributed by atoms with Gasteiger partial charge in [0.15, 0.2) is 0 Å². The normalized spacial score (nSPS) is 22.6. The minimum absolute atomic E-state index is 0.369. The van der Waals surface area contributed by atoms with Crippen LogP contribution in [0.2, 0.25) is 0 Å². The van der Waals surface area contributed by atoms with Crippen LogP contribution >= 0.6 is 11.8 Å². The fourth-order valence-electron chi connectivity index (χ4n) is 1.78. The predicted octanol–water partition coefficient (Wildman–Crippen LogP) is 1.26. The Kier molecular flexibility index (Phi) is 5.97. The van der Waals surface area contributed by atoms with E-state index in [4.69, 9.17) is 4.74 Å². The molecule has 1 aliphatic heterocycles. The first-order valence-corrected chi connectivity index (χ1v) is 6.88. The Balaban J connectivity index is 2.26. The molecule has 1 unspecified atom stereocenters. The highest BCUT2D eigenvalue weighted by Crippen LogP contribution is 2.26. The van der Waals surface area contributed by atoms with Gasteiger partial charge < -0.3 is 15.2 Å². The van der Waals surface area contributed by atoms with Gasteiger partial charge in [0.1, 0.15) is 0 Å². The van der Waals surface area contributed by atoms with Crippen LogP contribution in [0, 0.1) is 0 Å². The molecule has 0 amide bonds. The average molecular weight is 233 g/mol. The third kappa shape index (κ3) is 4.72. The summed E-state index contributed by atoms with van der Waals surface area (Å²) in [6, 6.07) is 0.369. The quantitative estimate of drug-likeness (QED) is 0.725. The molecular formula is C11H23NO2S. The molecule has 4 heteroatoms. The molecule has 3 nitrogen and oxygen atoms in total. The standard InChI is InChI=1S/C11H23NO2S/c1-3-10(8-14-2)12-9-11(13)4-6-15-7-5-11/h10,12-13H,3-9H2,1-2H3. The Bertz CT molecular complexity index is 172. The molecule has 90 valence electrons. The number of ether oxygens (including phenoxy) is 1. The highest BCUT2D eigenvalue weighted by atomic mass is 32.2. The first-order chi connectivity index (χ1) is 7.20. The maximum Gasteiger partial charge on any atom is 0.0787 e. The maximum atomic E-state index is 10.3. The van der Waals surface area contributed by atoms with Crippen LogP contribution in [-0.4, -0.2) is 48.5 Å². The molecule has 1 saturated heterocycles. The van der Waals surface area contributed by atoms with Crippen LogP contribution in [0.5, 0.6) is 0 Å². The van der Waals surface area contributed by atoms with Crippen LogP contribution < -0.4 is 5.32 Å². The summed E-state index contributed by atoms with van der Waals surface area (Å²) in [6.07, 6.45) is 2.86. The average Bonchev–Trinajstić information content (AvgIpc) is 2.25. The molecule has 1 atom stereocenters. The van der Waals surface area contributed by atoms with E-state index in [1.165, 1.54) is 0 Å². The SMILES string of the molecule is CCC(COC)NCC1(O)CCSCC1. The summed E-state index contributed by atoms with van der Waals surface area (Å²) in [6.45, 7) is 3.56. The van der Waals surface area contributed by atoms with Crippen molar-refractivity contribution in [2.45, 2.75) is 37.8 Å². The van der Waals surface area contributed by atoms with Crippen molar-refractivity contribution in [3.8, 4) is 0 Å². The topological polar surface area (TPSA) is 41.5 Å². The largest absolute Gasteiger partial charge is 0.389 e. The number of nitrogens with one attached hydrogen (secondary N) is 1. The van der Waals surface area contributed by atoms with Crippen molar-refractivity contribution in [2.75, 3.05) is 31.8 Å². The van der Waals surface area contributed by atoms with Crippen molar-refractivity contribution >= 4 is 11.8 Å². The summed E-state index contributed by atoms with van der Waals surface area (Å²) in [4.78, 5) is 0. The molecule has 1 fully saturated rings. The zero-order valence-corrected chi connectivity index (χ0v) is 10.6. The molecule has 0 aromatic rings. The van der Waals surface area contributed by atoms with Crippen molar-refractivity contribution < 1.29 is 9.84 Å². The lowest BCUT2D eigenvalue weighted by Crippen LogP contribution is -2.47. The van der Waals surface area contributed by atoms with Gasteiger partial charge in [0, 0.05) is 19.7 Å². The smallest absolute Gasteiger partial charge is 0.0787 e. The molecule has 0 radical (unpaired) electrons. The number of thioether (sulfide) groups is 1. The molecule has 0 aliphatic carbocycles. The van der Waals surface area contributed by atoms with Crippen molar-refractivity contribution in [1.29, 1.82) is 0 Å². The van der Waals surface area contributed by atoms with E-state index in [0.717, 1.165) is 37.4 Å². The van der Waals surface area contributed by atoms with E-state index in [-0.39, 0.29) is 0 Å². The van der Waals surface area contributed by atoms with Crippen molar-refractivity contribution in [3.05, 3.63) is 0 Å². The van der Waals surface area contributed by atoms with Gasteiger partial charge in [0.2, 0.25) is 0 Å². The molecular weight excluding hydrogens is 210 g/mol. The zero-order chi connectivity index (χ0) is 11.1. The third-order valence-corrected chi connectivity index (χ3v) is 3.99. The Labute approximate surface area is 97.0 Å². The van der Waals surface area contributed by atoms with E-state index in [2.05, 4.69) is 12.2 Å². The molecule has 1 aliphatic rings. The van der Waals surface area contributed by atoms with Gasteiger partial charge in [-0.05, 0) is 30.8 Å². The Morgan fingerprint density at radius 2 is 2.13 bits per heavy atom.